The largest absolute Gasteiger partial charge is 0.503 e. The Bertz CT molecular complexity index is 2480. The number of benzene rings is 4. The maximum Gasteiger partial charge on any atom is 0.352 e. The monoisotopic (exact) mass is 773 g/mol. The summed E-state index contributed by atoms with van der Waals surface area (Å²) in [6.07, 6.45) is 1.79. The standard InChI is InChI=1S/C38H30Cl3N5O7/c1-52-24-11-8-21(9-12-24)38-26(34(48)45(35(38)49)42-29-13-10-22(39)18-27(29)40)19-30-25(32(38)20-16-28(41)33(47)31(17-20)53-2)14-15-43-36(50)44(37(51)46(30)43)23-6-4-3-5-7-23/h3-14,16-18,26,30,32,42,47H,15,19H2,1-2H3/t26-,30+,32-,38+/m0/s1. The van der Waals surface area contributed by atoms with E-state index in [9.17, 15) is 19.5 Å². The van der Waals surface area contributed by atoms with E-state index in [-0.39, 0.29) is 40.2 Å². The van der Waals surface area contributed by atoms with Crippen molar-refractivity contribution in [2.24, 2.45) is 5.92 Å². The Morgan fingerprint density at radius 2 is 1.58 bits per heavy atom. The summed E-state index contributed by atoms with van der Waals surface area (Å²) in [5, 5.41) is 12.2. The third-order valence-corrected chi connectivity index (χ3v) is 11.3. The number of carbonyl (C=O) groups excluding carboxylic acids is 2. The Kier molecular flexibility index (Phi) is 8.44. The number of nitrogens with zero attached hydrogens (tertiary/aromatic N) is 4. The number of hydrazine groups is 1. The van der Waals surface area contributed by atoms with E-state index in [2.05, 4.69) is 5.43 Å². The van der Waals surface area contributed by atoms with Gasteiger partial charge in [0.15, 0.2) is 11.5 Å². The number of hydrogen-bond acceptors (Lipinski definition) is 8. The van der Waals surface area contributed by atoms with E-state index in [0.29, 0.717) is 33.2 Å². The van der Waals surface area contributed by atoms with Gasteiger partial charge in [-0.3, -0.25) is 15.0 Å². The van der Waals surface area contributed by atoms with Gasteiger partial charge in [-0.15, -0.1) is 0 Å². The highest BCUT2D eigenvalue weighted by Crippen LogP contribution is 2.62. The fraction of sp³-hybridized carbons (Fsp3) is 0.211. The van der Waals surface area contributed by atoms with Crippen LogP contribution in [0.15, 0.2) is 106 Å². The third kappa shape index (κ3) is 5.11. The minimum absolute atomic E-state index is 0.00691. The second-order valence-electron chi connectivity index (χ2n) is 13.0. The predicted molar refractivity (Wildman–Crippen MR) is 199 cm³/mol. The van der Waals surface area contributed by atoms with Crippen molar-refractivity contribution in [3.8, 4) is 22.9 Å². The third-order valence-electron chi connectivity index (χ3n) is 10.5. The number of nitrogens with one attached hydrogen (secondary N) is 1. The highest BCUT2D eigenvalue weighted by atomic mass is 35.5. The molecule has 53 heavy (non-hydrogen) atoms. The van der Waals surface area contributed by atoms with Gasteiger partial charge < -0.3 is 14.6 Å². The summed E-state index contributed by atoms with van der Waals surface area (Å²) in [5.41, 5.74) is 2.30. The van der Waals surface area contributed by atoms with E-state index >= 15 is 4.79 Å². The van der Waals surface area contributed by atoms with Crippen molar-refractivity contribution in [2.75, 3.05) is 19.6 Å². The molecule has 3 aliphatic rings. The minimum atomic E-state index is -1.66. The van der Waals surface area contributed by atoms with Gasteiger partial charge in [-0.2, -0.15) is 5.01 Å². The van der Waals surface area contributed by atoms with Gasteiger partial charge in [0.25, 0.3) is 11.8 Å². The molecule has 1 aliphatic carbocycles. The summed E-state index contributed by atoms with van der Waals surface area (Å²) in [6.45, 7) is -0.00691. The Hall–Kier alpha value is -5.43. The number of methoxy groups -OCH3 is 2. The molecule has 270 valence electrons. The summed E-state index contributed by atoms with van der Waals surface area (Å²) in [4.78, 5) is 58.5. The molecule has 0 unspecified atom stereocenters. The molecule has 8 rings (SSSR count). The number of carbonyl (C=O) groups is 2. The van der Waals surface area contributed by atoms with Gasteiger partial charge >= 0.3 is 11.4 Å². The van der Waals surface area contributed by atoms with Gasteiger partial charge in [0, 0.05) is 10.9 Å². The van der Waals surface area contributed by atoms with Gasteiger partial charge in [-0.05, 0) is 77.7 Å². The molecule has 5 aromatic rings. The summed E-state index contributed by atoms with van der Waals surface area (Å²) < 4.78 is 14.8. The number of imide groups is 1. The van der Waals surface area contributed by atoms with Crippen LogP contribution in [0, 0.1) is 5.92 Å². The number of rotatable bonds is 7. The van der Waals surface area contributed by atoms with Crippen molar-refractivity contribution in [3.05, 3.63) is 144 Å². The van der Waals surface area contributed by atoms with Gasteiger partial charge in [-0.1, -0.05) is 71.2 Å². The molecule has 0 spiro atoms. The fourth-order valence-corrected chi connectivity index (χ4v) is 8.86. The van der Waals surface area contributed by atoms with Crippen LogP contribution in [0.1, 0.15) is 29.5 Å². The van der Waals surface area contributed by atoms with Crippen molar-refractivity contribution in [3.63, 3.8) is 0 Å². The Balaban J connectivity index is 1.41. The maximum absolute atomic E-state index is 15.4. The van der Waals surface area contributed by atoms with Crippen LogP contribution in [0.4, 0.5) is 5.69 Å². The van der Waals surface area contributed by atoms with E-state index in [1.165, 1.54) is 35.7 Å². The molecule has 15 heteroatoms. The molecule has 1 saturated heterocycles. The second-order valence-corrected chi connectivity index (χ2v) is 14.2. The number of allylic oxidation sites excluding steroid dienone is 2. The number of para-hydroxylation sites is 1. The first kappa shape index (κ1) is 34.6. The zero-order valence-corrected chi connectivity index (χ0v) is 30.4. The van der Waals surface area contributed by atoms with Gasteiger partial charge in [0.05, 0.1) is 59.6 Å². The van der Waals surface area contributed by atoms with Crippen molar-refractivity contribution in [1.82, 2.24) is 18.9 Å². The molecule has 12 nitrogen and oxygen atoms in total. The highest BCUT2D eigenvalue weighted by Gasteiger charge is 2.69. The molecule has 2 amide bonds. The van der Waals surface area contributed by atoms with Crippen LogP contribution in [-0.4, -0.2) is 50.1 Å². The number of amides is 2. The number of hydrogen-bond donors (Lipinski definition) is 2. The van der Waals surface area contributed by atoms with Crippen LogP contribution in [0.25, 0.3) is 5.69 Å². The molecule has 1 saturated carbocycles. The lowest BCUT2D eigenvalue weighted by Gasteiger charge is -2.49. The van der Waals surface area contributed by atoms with E-state index in [0.717, 1.165) is 9.58 Å². The van der Waals surface area contributed by atoms with E-state index in [1.54, 1.807) is 72.8 Å². The first-order valence-electron chi connectivity index (χ1n) is 16.5. The number of phenols is 1. The lowest BCUT2D eigenvalue weighted by Crippen LogP contribution is -2.53. The van der Waals surface area contributed by atoms with Crippen LogP contribution < -0.4 is 26.3 Å². The van der Waals surface area contributed by atoms with E-state index < -0.39 is 46.5 Å². The van der Waals surface area contributed by atoms with Gasteiger partial charge in [0.2, 0.25) is 0 Å². The van der Waals surface area contributed by atoms with Gasteiger partial charge in [0.1, 0.15) is 5.75 Å². The maximum atomic E-state index is 15.4. The zero-order valence-electron chi connectivity index (χ0n) is 28.1. The lowest BCUT2D eigenvalue weighted by atomic mass is 9.53. The number of phenolic OH excluding ortho intramolecular Hbond substituents is 1. The minimum Gasteiger partial charge on any atom is -0.503 e. The molecular formula is C38H30Cl3N5O7. The smallest absolute Gasteiger partial charge is 0.352 e. The molecule has 0 radical (unpaired) electrons. The topological polar surface area (TPSA) is 137 Å². The number of aromatic nitrogens is 3. The predicted octanol–water partition coefficient (Wildman–Crippen LogP) is 6.10. The zero-order chi connectivity index (χ0) is 37.3. The summed E-state index contributed by atoms with van der Waals surface area (Å²) >= 11 is 19.3. The number of fused-ring (bicyclic) bond motifs is 4. The molecule has 3 heterocycles. The van der Waals surface area contributed by atoms with Crippen LogP contribution in [0.3, 0.4) is 0 Å². The van der Waals surface area contributed by atoms with Crippen molar-refractivity contribution in [1.29, 1.82) is 0 Å². The average Bonchev–Trinajstić information content (AvgIpc) is 3.54. The molecule has 2 fully saturated rings. The summed E-state index contributed by atoms with van der Waals surface area (Å²) in [6, 6.07) is 22.3. The summed E-state index contributed by atoms with van der Waals surface area (Å²) in [7, 11) is 2.89. The lowest BCUT2D eigenvalue weighted by molar-refractivity contribution is -0.138. The Labute approximate surface area is 316 Å². The quantitative estimate of drug-likeness (QED) is 0.150. The SMILES string of the molecule is COc1ccc([C@@]23C(=O)N(Nc4ccc(Cl)cc4Cl)C(=O)[C@@H]2C[C@@H]2C(=CCn4c(=O)n(-c5ccccc5)c(=O)n42)[C@@H]3c2cc(Cl)c(O)c(OC)c2)cc1. The average molecular weight is 775 g/mol. The van der Waals surface area contributed by atoms with Crippen LogP contribution in [-0.2, 0) is 21.5 Å². The van der Waals surface area contributed by atoms with Crippen molar-refractivity contribution in [2.45, 2.75) is 30.3 Å². The molecule has 1 aromatic heterocycles. The summed E-state index contributed by atoms with van der Waals surface area (Å²) in [5.74, 6) is -3.03. The fourth-order valence-electron chi connectivity index (χ4n) is 8.19. The van der Waals surface area contributed by atoms with Crippen molar-refractivity contribution >= 4 is 52.3 Å². The number of ether oxygens (including phenoxy) is 2. The first-order valence-corrected chi connectivity index (χ1v) is 17.6. The molecule has 2 aliphatic heterocycles. The Morgan fingerprint density at radius 1 is 0.849 bits per heavy atom. The molecule has 0 bridgehead atoms. The van der Waals surface area contributed by atoms with Gasteiger partial charge in [-0.25, -0.2) is 23.5 Å². The second kappa shape index (κ2) is 12.9. The molecule has 4 aromatic carbocycles. The normalized spacial score (nSPS) is 21.8. The molecule has 2 N–H and O–H groups in total. The Morgan fingerprint density at radius 3 is 2.26 bits per heavy atom. The van der Waals surface area contributed by atoms with E-state index in [4.69, 9.17) is 44.3 Å². The van der Waals surface area contributed by atoms with Crippen LogP contribution >= 0.6 is 34.8 Å². The van der Waals surface area contributed by atoms with E-state index in [1.807, 2.05) is 6.08 Å². The number of anilines is 1. The van der Waals surface area contributed by atoms with Crippen LogP contribution in [0.2, 0.25) is 15.1 Å². The van der Waals surface area contributed by atoms with Crippen LogP contribution in [0.5, 0.6) is 17.2 Å². The van der Waals surface area contributed by atoms with Crippen molar-refractivity contribution < 1.29 is 24.2 Å². The first-order chi connectivity index (χ1) is 25.5. The highest BCUT2D eigenvalue weighted by molar-refractivity contribution is 6.36. The molecule has 4 atom stereocenters. The number of aromatic hydroxyl groups is 1. The number of halogens is 3. The molecular weight excluding hydrogens is 745 g/mol.